The number of halogens is 1. The molecular weight excluding hydrogens is 253 g/mol. The Morgan fingerprint density at radius 2 is 2.45 bits per heavy atom. The lowest BCUT2D eigenvalue weighted by atomic mass is 10.1. The van der Waals surface area contributed by atoms with Gasteiger partial charge >= 0.3 is 0 Å². The summed E-state index contributed by atoms with van der Waals surface area (Å²) in [5.74, 6) is 0.468. The first kappa shape index (κ1) is 7.34. The van der Waals surface area contributed by atoms with Crippen molar-refractivity contribution in [1.29, 1.82) is 0 Å². The Balaban J connectivity index is 2.52. The molecule has 2 nitrogen and oxygen atoms in total. The Hall–Kier alpha value is -0.320. The molecule has 2 heterocycles. The van der Waals surface area contributed by atoms with E-state index < -0.39 is 0 Å². The van der Waals surface area contributed by atoms with Gasteiger partial charge in [0.05, 0.1) is 5.69 Å². The molecule has 11 heavy (non-hydrogen) atoms. The summed E-state index contributed by atoms with van der Waals surface area (Å²) in [6, 6.07) is 1.95. The maximum absolute atomic E-state index is 11.4. The van der Waals surface area contributed by atoms with Gasteiger partial charge in [-0.2, -0.15) is 0 Å². The normalized spacial score (nSPS) is 22.4. The molecule has 2 rings (SSSR count). The highest BCUT2D eigenvalue weighted by Gasteiger charge is 2.26. The summed E-state index contributed by atoms with van der Waals surface area (Å²) in [7, 11) is 0. The predicted molar refractivity (Wildman–Crippen MR) is 50.6 cm³/mol. The van der Waals surface area contributed by atoms with E-state index in [1.54, 1.807) is 0 Å². The standard InChI is InChI=1S/C8H8INO/c1-5-3-10-4-6(9)2-7(10)8(5)11/h2,4-5H,3H2,1H3. The minimum Gasteiger partial charge on any atom is -0.343 e. The fourth-order valence-electron chi connectivity index (χ4n) is 1.46. The van der Waals surface area contributed by atoms with Crippen molar-refractivity contribution in [2.45, 2.75) is 13.5 Å². The van der Waals surface area contributed by atoms with Gasteiger partial charge in [0.2, 0.25) is 0 Å². The molecular formula is C8H8INO. The monoisotopic (exact) mass is 261 g/mol. The molecule has 1 atom stereocenters. The highest BCUT2D eigenvalue weighted by Crippen LogP contribution is 2.23. The van der Waals surface area contributed by atoms with Crippen molar-refractivity contribution in [2.75, 3.05) is 0 Å². The summed E-state index contributed by atoms with van der Waals surface area (Å²) in [6.07, 6.45) is 2.03. The molecule has 0 N–H and O–H groups in total. The van der Waals surface area contributed by atoms with Crippen molar-refractivity contribution in [1.82, 2.24) is 4.57 Å². The maximum atomic E-state index is 11.4. The molecule has 1 aromatic rings. The van der Waals surface area contributed by atoms with Gasteiger partial charge in [-0.25, -0.2) is 0 Å². The van der Waals surface area contributed by atoms with E-state index >= 15 is 0 Å². The second kappa shape index (κ2) is 2.33. The van der Waals surface area contributed by atoms with E-state index in [0.717, 1.165) is 15.8 Å². The van der Waals surface area contributed by atoms with Crippen molar-refractivity contribution in [3.63, 3.8) is 0 Å². The third-order valence-electron chi connectivity index (χ3n) is 2.03. The fourth-order valence-corrected chi connectivity index (χ4v) is 2.09. The number of Topliss-reactive ketones (excluding diaryl/α,β-unsaturated/α-hetero) is 1. The molecule has 0 saturated heterocycles. The van der Waals surface area contributed by atoms with Crippen molar-refractivity contribution in [3.8, 4) is 0 Å². The topological polar surface area (TPSA) is 22.0 Å². The first-order chi connectivity index (χ1) is 5.18. The number of carbonyl (C=O) groups excluding carboxylic acids is 1. The van der Waals surface area contributed by atoms with Gasteiger partial charge in [-0.1, -0.05) is 6.92 Å². The first-order valence-corrected chi connectivity index (χ1v) is 4.66. The van der Waals surface area contributed by atoms with Gasteiger partial charge in [0.25, 0.3) is 0 Å². The lowest BCUT2D eigenvalue weighted by Gasteiger charge is -1.95. The second-order valence-corrected chi connectivity index (χ2v) is 4.21. The van der Waals surface area contributed by atoms with Crippen molar-refractivity contribution >= 4 is 28.4 Å². The number of aromatic nitrogens is 1. The van der Waals surface area contributed by atoms with Crippen LogP contribution in [0.25, 0.3) is 0 Å². The third kappa shape index (κ3) is 1.02. The highest BCUT2D eigenvalue weighted by molar-refractivity contribution is 14.1. The van der Waals surface area contributed by atoms with Gasteiger partial charge in [-0.15, -0.1) is 0 Å². The number of nitrogens with zero attached hydrogens (tertiary/aromatic N) is 1. The smallest absolute Gasteiger partial charge is 0.183 e. The Labute approximate surface area is 78.7 Å². The molecule has 1 unspecified atom stereocenters. The summed E-state index contributed by atoms with van der Waals surface area (Å²) in [4.78, 5) is 11.4. The van der Waals surface area contributed by atoms with Gasteiger partial charge in [0.15, 0.2) is 5.78 Å². The van der Waals surface area contributed by atoms with Crippen LogP contribution in [-0.4, -0.2) is 10.4 Å². The molecule has 0 saturated carbocycles. The van der Waals surface area contributed by atoms with E-state index in [1.165, 1.54) is 0 Å². The molecule has 0 amide bonds. The average molecular weight is 261 g/mol. The fraction of sp³-hybridized carbons (Fsp3) is 0.375. The second-order valence-electron chi connectivity index (χ2n) is 2.96. The van der Waals surface area contributed by atoms with Crippen molar-refractivity contribution in [2.24, 2.45) is 5.92 Å². The minimum atomic E-state index is 0.182. The number of fused-ring (bicyclic) bond motifs is 1. The Kier molecular flexibility index (Phi) is 1.56. The summed E-state index contributed by atoms with van der Waals surface area (Å²) < 4.78 is 3.19. The van der Waals surface area contributed by atoms with Gasteiger partial charge < -0.3 is 4.57 Å². The quantitative estimate of drug-likeness (QED) is 0.654. The van der Waals surface area contributed by atoms with Crippen LogP contribution in [0.1, 0.15) is 17.4 Å². The molecule has 1 aliphatic heterocycles. The third-order valence-corrected chi connectivity index (χ3v) is 2.62. The van der Waals surface area contributed by atoms with Crippen LogP contribution >= 0.6 is 22.6 Å². The Bertz CT molecular complexity index is 316. The van der Waals surface area contributed by atoms with E-state index in [1.807, 2.05) is 23.8 Å². The molecule has 0 fully saturated rings. The molecule has 1 aliphatic rings. The number of ketones is 1. The van der Waals surface area contributed by atoms with Crippen LogP contribution in [0.15, 0.2) is 12.3 Å². The summed E-state index contributed by atoms with van der Waals surface area (Å²) in [5, 5.41) is 0. The van der Waals surface area contributed by atoms with E-state index in [2.05, 4.69) is 22.6 Å². The lowest BCUT2D eigenvalue weighted by Crippen LogP contribution is -2.03. The zero-order valence-corrected chi connectivity index (χ0v) is 8.33. The van der Waals surface area contributed by atoms with Gasteiger partial charge in [0.1, 0.15) is 0 Å². The average Bonchev–Trinajstić information content (AvgIpc) is 2.37. The molecule has 1 aromatic heterocycles. The maximum Gasteiger partial charge on any atom is 0.183 e. The van der Waals surface area contributed by atoms with Crippen LogP contribution in [-0.2, 0) is 6.54 Å². The molecule has 3 heteroatoms. The molecule has 0 aliphatic carbocycles. The summed E-state index contributed by atoms with van der Waals surface area (Å²) in [5.41, 5.74) is 0.877. The molecule has 0 aromatic carbocycles. The summed E-state index contributed by atoms with van der Waals surface area (Å²) in [6.45, 7) is 2.83. The zero-order valence-electron chi connectivity index (χ0n) is 6.17. The number of hydrogen-bond acceptors (Lipinski definition) is 1. The van der Waals surface area contributed by atoms with Gasteiger partial charge in [-0.3, -0.25) is 4.79 Å². The minimum absolute atomic E-state index is 0.182. The molecule has 0 bridgehead atoms. The lowest BCUT2D eigenvalue weighted by molar-refractivity contribution is 0.0946. The van der Waals surface area contributed by atoms with Crippen LogP contribution in [0, 0.1) is 9.49 Å². The van der Waals surface area contributed by atoms with E-state index in [0.29, 0.717) is 0 Å². The predicted octanol–water partition coefficient (Wildman–Crippen LogP) is 1.93. The Morgan fingerprint density at radius 3 is 3.09 bits per heavy atom. The molecule has 0 spiro atoms. The van der Waals surface area contributed by atoms with Crippen molar-refractivity contribution < 1.29 is 4.79 Å². The van der Waals surface area contributed by atoms with E-state index in [4.69, 9.17) is 0 Å². The molecule has 58 valence electrons. The van der Waals surface area contributed by atoms with Crippen LogP contribution in [0.2, 0.25) is 0 Å². The number of hydrogen-bond donors (Lipinski definition) is 0. The SMILES string of the molecule is CC1Cn2cc(I)cc2C1=O. The van der Waals surface area contributed by atoms with Gasteiger partial charge in [-0.05, 0) is 28.7 Å². The van der Waals surface area contributed by atoms with Gasteiger partial charge in [0, 0.05) is 22.2 Å². The first-order valence-electron chi connectivity index (χ1n) is 3.58. The van der Waals surface area contributed by atoms with Crippen LogP contribution in [0.5, 0.6) is 0 Å². The summed E-state index contributed by atoms with van der Waals surface area (Å²) >= 11 is 2.23. The number of carbonyl (C=O) groups is 1. The van der Waals surface area contributed by atoms with E-state index in [9.17, 15) is 4.79 Å². The Morgan fingerprint density at radius 1 is 1.73 bits per heavy atom. The van der Waals surface area contributed by atoms with Crippen LogP contribution in [0.4, 0.5) is 0 Å². The zero-order chi connectivity index (χ0) is 8.01. The van der Waals surface area contributed by atoms with Crippen LogP contribution in [0.3, 0.4) is 0 Å². The largest absolute Gasteiger partial charge is 0.343 e. The van der Waals surface area contributed by atoms with Crippen molar-refractivity contribution in [3.05, 3.63) is 21.5 Å². The molecule has 0 radical (unpaired) electrons. The van der Waals surface area contributed by atoms with E-state index in [-0.39, 0.29) is 11.7 Å². The number of rotatable bonds is 0. The van der Waals surface area contributed by atoms with Crippen LogP contribution < -0.4 is 0 Å². The highest BCUT2D eigenvalue weighted by atomic mass is 127.